The topological polar surface area (TPSA) is 32.3 Å². The second kappa shape index (κ2) is 5.38. The summed E-state index contributed by atoms with van der Waals surface area (Å²) in [4.78, 5) is 14.3. The lowest BCUT2D eigenvalue weighted by Gasteiger charge is -2.27. The fourth-order valence-corrected chi connectivity index (χ4v) is 2.70. The molecule has 0 aromatic rings. The van der Waals surface area contributed by atoms with Crippen molar-refractivity contribution in [3.63, 3.8) is 0 Å². The predicted octanol–water partition coefficient (Wildman–Crippen LogP) is 2.16. The molecular weight excluding hydrogens is 212 g/mol. The van der Waals surface area contributed by atoms with Crippen molar-refractivity contribution >= 4 is 5.91 Å². The average Bonchev–Trinajstić information content (AvgIpc) is 3.04. The molecule has 1 aliphatic heterocycles. The van der Waals surface area contributed by atoms with Crippen molar-refractivity contribution in [3.8, 4) is 0 Å². The number of nitrogens with zero attached hydrogens (tertiary/aromatic N) is 1. The first-order valence-electron chi connectivity index (χ1n) is 7.18. The van der Waals surface area contributed by atoms with E-state index in [4.69, 9.17) is 0 Å². The molecule has 1 saturated heterocycles. The summed E-state index contributed by atoms with van der Waals surface area (Å²) >= 11 is 0. The minimum absolute atomic E-state index is 0.113. The van der Waals surface area contributed by atoms with Crippen LogP contribution in [0.3, 0.4) is 0 Å². The molecule has 17 heavy (non-hydrogen) atoms. The molecule has 0 aromatic heterocycles. The Morgan fingerprint density at radius 1 is 1.35 bits per heavy atom. The highest BCUT2D eigenvalue weighted by Gasteiger charge is 2.37. The van der Waals surface area contributed by atoms with E-state index in [0.717, 1.165) is 19.4 Å². The highest BCUT2D eigenvalue weighted by atomic mass is 16.2. The van der Waals surface area contributed by atoms with Gasteiger partial charge in [-0.2, -0.15) is 0 Å². The van der Waals surface area contributed by atoms with Crippen LogP contribution in [0.1, 0.15) is 52.9 Å². The number of amides is 1. The summed E-state index contributed by atoms with van der Waals surface area (Å²) in [5, 5.41) is 3.46. The molecule has 1 aliphatic carbocycles. The largest absolute Gasteiger partial charge is 0.339 e. The molecule has 1 saturated carbocycles. The Morgan fingerprint density at radius 3 is 2.65 bits per heavy atom. The molecular formula is C14H26N2O. The molecule has 0 spiro atoms. The van der Waals surface area contributed by atoms with E-state index in [9.17, 15) is 4.79 Å². The standard InChI is InChI=1S/C14H26N2O/c1-4-10(2)9-11(3)16-8-7-13(14(16)17)15-12-5-6-12/h10-13,15H,4-9H2,1-3H3. The number of nitrogens with one attached hydrogen (secondary N) is 1. The highest BCUT2D eigenvalue weighted by molar-refractivity contribution is 5.84. The predicted molar refractivity (Wildman–Crippen MR) is 69.8 cm³/mol. The maximum atomic E-state index is 12.2. The summed E-state index contributed by atoms with van der Waals surface area (Å²) in [6.07, 6.45) is 5.85. The van der Waals surface area contributed by atoms with Crippen LogP contribution in [0, 0.1) is 5.92 Å². The van der Waals surface area contributed by atoms with Crippen molar-refractivity contribution in [2.24, 2.45) is 5.92 Å². The van der Waals surface area contributed by atoms with Crippen molar-refractivity contribution in [3.05, 3.63) is 0 Å². The van der Waals surface area contributed by atoms with E-state index < -0.39 is 0 Å². The Bertz CT molecular complexity index is 275. The average molecular weight is 238 g/mol. The van der Waals surface area contributed by atoms with Gasteiger partial charge in [0, 0.05) is 18.6 Å². The molecule has 3 unspecified atom stereocenters. The SMILES string of the molecule is CCC(C)CC(C)N1CCC(NC2CC2)C1=O. The molecule has 3 atom stereocenters. The molecule has 2 rings (SSSR count). The van der Waals surface area contributed by atoms with E-state index in [1.54, 1.807) is 0 Å². The minimum Gasteiger partial charge on any atom is -0.339 e. The lowest BCUT2D eigenvalue weighted by molar-refractivity contribution is -0.131. The molecule has 0 bridgehead atoms. The van der Waals surface area contributed by atoms with Crippen LogP contribution >= 0.6 is 0 Å². The van der Waals surface area contributed by atoms with E-state index in [-0.39, 0.29) is 6.04 Å². The van der Waals surface area contributed by atoms with Gasteiger partial charge in [-0.05, 0) is 38.5 Å². The maximum absolute atomic E-state index is 12.2. The summed E-state index contributed by atoms with van der Waals surface area (Å²) in [5.74, 6) is 1.06. The zero-order valence-electron chi connectivity index (χ0n) is 11.4. The molecule has 0 radical (unpaired) electrons. The van der Waals surface area contributed by atoms with Gasteiger partial charge in [0.2, 0.25) is 5.91 Å². The second-order valence-corrected chi connectivity index (χ2v) is 5.91. The number of likely N-dealkylation sites (tertiary alicyclic amines) is 1. The number of rotatable bonds is 6. The number of carbonyl (C=O) groups is 1. The molecule has 98 valence electrons. The Morgan fingerprint density at radius 2 is 2.06 bits per heavy atom. The smallest absolute Gasteiger partial charge is 0.240 e. The summed E-state index contributed by atoms with van der Waals surface area (Å²) in [6.45, 7) is 7.64. The molecule has 2 fully saturated rings. The van der Waals surface area contributed by atoms with Gasteiger partial charge in [-0.25, -0.2) is 0 Å². The Hall–Kier alpha value is -0.570. The van der Waals surface area contributed by atoms with Gasteiger partial charge in [0.05, 0.1) is 6.04 Å². The van der Waals surface area contributed by atoms with E-state index in [1.165, 1.54) is 19.3 Å². The minimum atomic E-state index is 0.113. The van der Waals surface area contributed by atoms with Gasteiger partial charge in [0.25, 0.3) is 0 Å². The second-order valence-electron chi connectivity index (χ2n) is 5.91. The highest BCUT2D eigenvalue weighted by Crippen LogP contribution is 2.25. The van der Waals surface area contributed by atoms with Crippen molar-refractivity contribution in [1.29, 1.82) is 0 Å². The fraction of sp³-hybridized carbons (Fsp3) is 0.929. The lowest BCUT2D eigenvalue weighted by atomic mass is 9.99. The zero-order valence-corrected chi connectivity index (χ0v) is 11.4. The van der Waals surface area contributed by atoms with Crippen molar-refractivity contribution < 1.29 is 4.79 Å². The van der Waals surface area contributed by atoms with E-state index in [2.05, 4.69) is 31.0 Å². The first-order valence-corrected chi connectivity index (χ1v) is 7.18. The van der Waals surface area contributed by atoms with Gasteiger partial charge in [-0.3, -0.25) is 4.79 Å². The van der Waals surface area contributed by atoms with Crippen molar-refractivity contribution in [1.82, 2.24) is 10.2 Å². The van der Waals surface area contributed by atoms with E-state index >= 15 is 0 Å². The Kier molecular flexibility index (Phi) is 4.08. The van der Waals surface area contributed by atoms with Crippen LogP contribution in [-0.4, -0.2) is 35.5 Å². The monoisotopic (exact) mass is 238 g/mol. The van der Waals surface area contributed by atoms with Crippen LogP contribution in [0.5, 0.6) is 0 Å². The fourth-order valence-electron chi connectivity index (χ4n) is 2.70. The van der Waals surface area contributed by atoms with Crippen LogP contribution in [0.4, 0.5) is 0 Å². The number of carbonyl (C=O) groups excluding carboxylic acids is 1. The zero-order chi connectivity index (χ0) is 12.4. The molecule has 1 heterocycles. The third-order valence-electron chi connectivity index (χ3n) is 4.23. The van der Waals surface area contributed by atoms with Crippen molar-refractivity contribution in [2.75, 3.05) is 6.54 Å². The molecule has 1 amide bonds. The first kappa shape index (κ1) is 12.9. The normalized spacial score (nSPS) is 28.5. The van der Waals surface area contributed by atoms with Gasteiger partial charge in [-0.1, -0.05) is 20.3 Å². The van der Waals surface area contributed by atoms with Crippen LogP contribution in [0.25, 0.3) is 0 Å². The Balaban J connectivity index is 1.82. The van der Waals surface area contributed by atoms with E-state index in [0.29, 0.717) is 23.9 Å². The van der Waals surface area contributed by atoms with Crippen LogP contribution in [-0.2, 0) is 4.79 Å². The summed E-state index contributed by atoms with van der Waals surface area (Å²) < 4.78 is 0. The van der Waals surface area contributed by atoms with Gasteiger partial charge in [-0.15, -0.1) is 0 Å². The number of hydrogen-bond acceptors (Lipinski definition) is 2. The molecule has 3 nitrogen and oxygen atoms in total. The molecule has 0 aromatic carbocycles. The van der Waals surface area contributed by atoms with Gasteiger partial charge >= 0.3 is 0 Å². The molecule has 2 aliphatic rings. The van der Waals surface area contributed by atoms with Crippen molar-refractivity contribution in [2.45, 2.75) is 71.0 Å². The third kappa shape index (κ3) is 3.21. The van der Waals surface area contributed by atoms with Gasteiger partial charge in [0.1, 0.15) is 0 Å². The molecule has 1 N–H and O–H groups in total. The quantitative estimate of drug-likeness (QED) is 0.769. The van der Waals surface area contributed by atoms with Crippen LogP contribution in [0.2, 0.25) is 0 Å². The van der Waals surface area contributed by atoms with Crippen LogP contribution < -0.4 is 5.32 Å². The third-order valence-corrected chi connectivity index (χ3v) is 4.23. The summed E-state index contributed by atoms with van der Waals surface area (Å²) in [6, 6.07) is 1.15. The number of hydrogen-bond donors (Lipinski definition) is 1. The molecule has 3 heteroatoms. The lowest BCUT2D eigenvalue weighted by Crippen LogP contribution is -2.42. The summed E-state index contributed by atoms with van der Waals surface area (Å²) in [5.41, 5.74) is 0. The van der Waals surface area contributed by atoms with Gasteiger partial charge in [0.15, 0.2) is 0 Å². The maximum Gasteiger partial charge on any atom is 0.240 e. The van der Waals surface area contributed by atoms with Crippen LogP contribution in [0.15, 0.2) is 0 Å². The van der Waals surface area contributed by atoms with E-state index in [1.807, 2.05) is 0 Å². The summed E-state index contributed by atoms with van der Waals surface area (Å²) in [7, 11) is 0. The first-order chi connectivity index (χ1) is 8.11. The Labute approximate surface area is 105 Å². The van der Waals surface area contributed by atoms with Gasteiger partial charge < -0.3 is 10.2 Å².